The molecule has 2 aliphatic rings. The summed E-state index contributed by atoms with van der Waals surface area (Å²) in [5, 5.41) is 3.44. The number of amides is 2. The number of nitrogens with zero attached hydrogens (tertiary/aromatic N) is 1. The molecule has 2 aliphatic heterocycles. The first-order valence-corrected chi connectivity index (χ1v) is 9.18. The van der Waals surface area contributed by atoms with Gasteiger partial charge >= 0.3 is 0 Å². The van der Waals surface area contributed by atoms with E-state index in [1.807, 2.05) is 44.4 Å². The Kier molecular flexibility index (Phi) is 5.23. The molecule has 0 aromatic rings. The van der Waals surface area contributed by atoms with Gasteiger partial charge in [0.2, 0.25) is 11.8 Å². The Morgan fingerprint density at radius 1 is 1.38 bits per heavy atom. The van der Waals surface area contributed by atoms with E-state index in [4.69, 9.17) is 0 Å². The van der Waals surface area contributed by atoms with Gasteiger partial charge in [-0.1, -0.05) is 27.2 Å². The fraction of sp³-hybridized carbons (Fsp3) is 0.875. The van der Waals surface area contributed by atoms with Gasteiger partial charge in [-0.2, -0.15) is 11.8 Å². The summed E-state index contributed by atoms with van der Waals surface area (Å²) in [6.45, 7) is 8.57. The van der Waals surface area contributed by atoms with Crippen LogP contribution in [-0.2, 0) is 9.59 Å². The van der Waals surface area contributed by atoms with Crippen LogP contribution in [0.5, 0.6) is 0 Å². The van der Waals surface area contributed by atoms with Crippen LogP contribution in [0.25, 0.3) is 0 Å². The van der Waals surface area contributed by atoms with E-state index < -0.39 is 5.54 Å². The highest BCUT2D eigenvalue weighted by molar-refractivity contribution is 7.99. The summed E-state index contributed by atoms with van der Waals surface area (Å²) in [5.74, 6) is 1.42. The van der Waals surface area contributed by atoms with Gasteiger partial charge in [-0.05, 0) is 37.9 Å². The lowest BCUT2D eigenvalue weighted by atomic mass is 9.88. The van der Waals surface area contributed by atoms with Crippen LogP contribution in [-0.4, -0.2) is 45.8 Å². The molecule has 3 atom stereocenters. The summed E-state index contributed by atoms with van der Waals surface area (Å²) in [5.41, 5.74) is -0.734. The second kappa shape index (κ2) is 6.59. The van der Waals surface area contributed by atoms with Crippen LogP contribution in [0.2, 0.25) is 0 Å². The standard InChI is InChI=1S/C16H28N2O2S/c1-5-16(4)15(20)18(10-12-8-6-7-9-21-12)13(11(2)3)14(19)17-16/h11-13H,5-10H2,1-4H3,(H,17,19). The van der Waals surface area contributed by atoms with Crippen molar-refractivity contribution in [2.45, 2.75) is 70.2 Å². The van der Waals surface area contributed by atoms with Crippen molar-refractivity contribution in [2.24, 2.45) is 5.92 Å². The molecule has 4 nitrogen and oxygen atoms in total. The maximum atomic E-state index is 12.9. The minimum Gasteiger partial charge on any atom is -0.340 e. The fourth-order valence-corrected chi connectivity index (χ4v) is 4.56. The number of hydrogen-bond donors (Lipinski definition) is 1. The normalized spacial score (nSPS) is 34.2. The summed E-state index contributed by atoms with van der Waals surface area (Å²) < 4.78 is 0. The lowest BCUT2D eigenvalue weighted by molar-refractivity contribution is -0.156. The Labute approximate surface area is 132 Å². The summed E-state index contributed by atoms with van der Waals surface area (Å²) in [6, 6.07) is -0.320. The maximum Gasteiger partial charge on any atom is 0.248 e. The fourth-order valence-electron chi connectivity index (χ4n) is 3.25. The maximum absolute atomic E-state index is 12.9. The van der Waals surface area contributed by atoms with E-state index in [1.165, 1.54) is 18.6 Å². The minimum absolute atomic E-state index is 0.00904. The molecule has 2 rings (SSSR count). The monoisotopic (exact) mass is 312 g/mol. The number of hydrogen-bond acceptors (Lipinski definition) is 3. The van der Waals surface area contributed by atoms with E-state index >= 15 is 0 Å². The number of thioether (sulfide) groups is 1. The number of rotatable bonds is 4. The third-order valence-electron chi connectivity index (χ3n) is 4.75. The molecule has 2 heterocycles. The molecule has 0 bridgehead atoms. The smallest absolute Gasteiger partial charge is 0.248 e. The molecule has 0 saturated carbocycles. The van der Waals surface area contributed by atoms with Gasteiger partial charge in [-0.25, -0.2) is 0 Å². The molecule has 2 fully saturated rings. The van der Waals surface area contributed by atoms with Crippen LogP contribution in [0.4, 0.5) is 0 Å². The number of carbonyl (C=O) groups excluding carboxylic acids is 2. The summed E-state index contributed by atoms with van der Waals surface area (Å²) in [4.78, 5) is 27.3. The average molecular weight is 312 g/mol. The molecule has 1 N–H and O–H groups in total. The van der Waals surface area contributed by atoms with Crippen molar-refractivity contribution < 1.29 is 9.59 Å². The highest BCUT2D eigenvalue weighted by atomic mass is 32.2. The van der Waals surface area contributed by atoms with Gasteiger partial charge < -0.3 is 10.2 Å². The summed E-state index contributed by atoms with van der Waals surface area (Å²) >= 11 is 1.96. The molecule has 2 saturated heterocycles. The first-order chi connectivity index (χ1) is 9.89. The Bertz CT molecular complexity index is 407. The van der Waals surface area contributed by atoms with Gasteiger partial charge in [0.05, 0.1) is 0 Å². The predicted molar refractivity (Wildman–Crippen MR) is 87.3 cm³/mol. The van der Waals surface area contributed by atoms with Gasteiger partial charge in [0, 0.05) is 11.8 Å². The van der Waals surface area contributed by atoms with E-state index in [9.17, 15) is 9.59 Å². The molecule has 2 amide bonds. The Hall–Kier alpha value is -0.710. The molecule has 3 unspecified atom stereocenters. The van der Waals surface area contributed by atoms with Gasteiger partial charge in [-0.3, -0.25) is 9.59 Å². The predicted octanol–water partition coefficient (Wildman–Crippen LogP) is 2.42. The van der Waals surface area contributed by atoms with E-state index in [2.05, 4.69) is 5.32 Å². The zero-order valence-electron chi connectivity index (χ0n) is 13.6. The highest BCUT2D eigenvalue weighted by Gasteiger charge is 2.48. The van der Waals surface area contributed by atoms with E-state index in [1.54, 1.807) is 0 Å². The zero-order valence-corrected chi connectivity index (χ0v) is 14.5. The van der Waals surface area contributed by atoms with Gasteiger partial charge in [0.15, 0.2) is 0 Å². The van der Waals surface area contributed by atoms with Crippen molar-refractivity contribution in [3.63, 3.8) is 0 Å². The van der Waals surface area contributed by atoms with Crippen LogP contribution in [0.1, 0.15) is 53.4 Å². The van der Waals surface area contributed by atoms with Crippen molar-refractivity contribution in [1.29, 1.82) is 0 Å². The Balaban J connectivity index is 2.21. The van der Waals surface area contributed by atoms with Gasteiger partial charge in [0.25, 0.3) is 0 Å². The second-order valence-corrected chi connectivity index (χ2v) is 8.22. The highest BCUT2D eigenvalue weighted by Crippen LogP contribution is 2.30. The molecular formula is C16H28N2O2S. The average Bonchev–Trinajstić information content (AvgIpc) is 2.45. The number of carbonyl (C=O) groups is 2. The van der Waals surface area contributed by atoms with Crippen LogP contribution >= 0.6 is 11.8 Å². The first kappa shape index (κ1) is 16.7. The lowest BCUT2D eigenvalue weighted by Gasteiger charge is -2.46. The van der Waals surface area contributed by atoms with Crippen LogP contribution in [0, 0.1) is 5.92 Å². The molecule has 21 heavy (non-hydrogen) atoms. The van der Waals surface area contributed by atoms with Crippen molar-refractivity contribution in [3.05, 3.63) is 0 Å². The molecule has 0 radical (unpaired) electrons. The number of piperazine rings is 1. The molecule has 5 heteroatoms. The summed E-state index contributed by atoms with van der Waals surface area (Å²) in [6.07, 6.45) is 4.31. The third kappa shape index (κ3) is 3.38. The van der Waals surface area contributed by atoms with Crippen molar-refractivity contribution in [1.82, 2.24) is 10.2 Å². The topological polar surface area (TPSA) is 49.4 Å². The molecule has 0 aromatic heterocycles. The van der Waals surface area contributed by atoms with E-state index in [0.29, 0.717) is 11.7 Å². The molecular weight excluding hydrogens is 284 g/mol. The Morgan fingerprint density at radius 3 is 2.62 bits per heavy atom. The first-order valence-electron chi connectivity index (χ1n) is 8.13. The zero-order chi connectivity index (χ0) is 15.6. The van der Waals surface area contributed by atoms with Gasteiger partial charge in [0.1, 0.15) is 11.6 Å². The van der Waals surface area contributed by atoms with E-state index in [-0.39, 0.29) is 23.8 Å². The minimum atomic E-state index is -0.734. The molecule has 120 valence electrons. The summed E-state index contributed by atoms with van der Waals surface area (Å²) in [7, 11) is 0. The van der Waals surface area contributed by atoms with Crippen LogP contribution < -0.4 is 5.32 Å². The van der Waals surface area contributed by atoms with Crippen molar-refractivity contribution in [3.8, 4) is 0 Å². The van der Waals surface area contributed by atoms with Crippen molar-refractivity contribution in [2.75, 3.05) is 12.3 Å². The SMILES string of the molecule is CCC1(C)NC(=O)C(C(C)C)N(CC2CCCCS2)C1=O. The van der Waals surface area contributed by atoms with Gasteiger partial charge in [-0.15, -0.1) is 0 Å². The third-order valence-corrected chi connectivity index (χ3v) is 6.13. The second-order valence-electron chi connectivity index (χ2n) is 6.81. The van der Waals surface area contributed by atoms with E-state index in [0.717, 1.165) is 13.0 Å². The Morgan fingerprint density at radius 2 is 2.10 bits per heavy atom. The quantitative estimate of drug-likeness (QED) is 0.867. The lowest BCUT2D eigenvalue weighted by Crippen LogP contribution is -2.70. The van der Waals surface area contributed by atoms with Crippen LogP contribution in [0.15, 0.2) is 0 Å². The largest absolute Gasteiger partial charge is 0.340 e. The van der Waals surface area contributed by atoms with Crippen LogP contribution in [0.3, 0.4) is 0 Å². The molecule has 0 aliphatic carbocycles. The number of nitrogens with one attached hydrogen (secondary N) is 1. The van der Waals surface area contributed by atoms with Crippen molar-refractivity contribution >= 4 is 23.6 Å². The molecule has 0 spiro atoms. The molecule has 0 aromatic carbocycles.